The highest BCUT2D eigenvalue weighted by molar-refractivity contribution is 8.02. The molecule has 1 nitrogen and oxygen atoms in total. The average Bonchev–Trinajstić information content (AvgIpc) is 2.42. The molecule has 0 aliphatic heterocycles. The molecule has 0 atom stereocenters. The summed E-state index contributed by atoms with van der Waals surface area (Å²) in [5, 5.41) is 0. The Morgan fingerprint density at radius 2 is 1.42 bits per heavy atom. The molecular weight excluding hydrogens is 270 g/mol. The maximum atomic E-state index is 2.41. The molecular formula is C16H27NS2. The van der Waals surface area contributed by atoms with Crippen LogP contribution in [0.25, 0.3) is 0 Å². The third-order valence-corrected chi connectivity index (χ3v) is 5.58. The first-order valence-electron chi connectivity index (χ1n) is 7.23. The molecule has 0 fully saturated rings. The van der Waals surface area contributed by atoms with E-state index < -0.39 is 0 Å². The lowest BCUT2D eigenvalue weighted by atomic mass is 10.1. The minimum absolute atomic E-state index is 1.10. The van der Waals surface area contributed by atoms with Crippen molar-refractivity contribution in [3.63, 3.8) is 0 Å². The molecule has 0 N–H and O–H groups in total. The summed E-state index contributed by atoms with van der Waals surface area (Å²) in [5.41, 5.74) is 2.84. The van der Waals surface area contributed by atoms with E-state index in [0.717, 1.165) is 6.42 Å². The Kier molecular flexibility index (Phi) is 7.77. The monoisotopic (exact) mass is 297 g/mol. The van der Waals surface area contributed by atoms with Crippen molar-refractivity contribution >= 4 is 29.2 Å². The fourth-order valence-electron chi connectivity index (χ4n) is 1.94. The smallest absolute Gasteiger partial charge is 0.0405 e. The van der Waals surface area contributed by atoms with Crippen LogP contribution in [0.3, 0.4) is 0 Å². The van der Waals surface area contributed by atoms with Crippen molar-refractivity contribution in [2.45, 2.75) is 49.8 Å². The fourth-order valence-corrected chi connectivity index (χ4v) is 3.96. The lowest BCUT2D eigenvalue weighted by Gasteiger charge is -2.20. The van der Waals surface area contributed by atoms with Gasteiger partial charge in [0.1, 0.15) is 0 Å². The normalized spacial score (nSPS) is 10.8. The quantitative estimate of drug-likeness (QED) is 0.598. The Morgan fingerprint density at radius 1 is 0.895 bits per heavy atom. The summed E-state index contributed by atoms with van der Waals surface area (Å²) in [7, 11) is 4.28. The molecule has 1 aromatic rings. The largest absolute Gasteiger partial charge is 0.377 e. The number of hydrogen-bond acceptors (Lipinski definition) is 3. The Labute approximate surface area is 127 Å². The van der Waals surface area contributed by atoms with Gasteiger partial charge in [0.2, 0.25) is 0 Å². The molecule has 0 spiro atoms. The van der Waals surface area contributed by atoms with E-state index in [4.69, 9.17) is 0 Å². The Hall–Kier alpha value is -0.280. The van der Waals surface area contributed by atoms with Crippen LogP contribution in [0.4, 0.5) is 5.69 Å². The van der Waals surface area contributed by atoms with E-state index in [9.17, 15) is 0 Å². The number of benzene rings is 1. The van der Waals surface area contributed by atoms with Crippen molar-refractivity contribution in [3.8, 4) is 0 Å². The van der Waals surface area contributed by atoms with Crippen LogP contribution in [0.5, 0.6) is 0 Å². The van der Waals surface area contributed by atoms with Crippen LogP contribution in [0.1, 0.15) is 39.2 Å². The third kappa shape index (κ3) is 4.96. The SMILES string of the molecule is CCCSc1cc(CC)c(N(C)C)cc1SCCC. The summed E-state index contributed by atoms with van der Waals surface area (Å²) < 4.78 is 0. The van der Waals surface area contributed by atoms with Crippen LogP contribution in [0, 0.1) is 0 Å². The molecule has 0 aliphatic rings. The van der Waals surface area contributed by atoms with Gasteiger partial charge >= 0.3 is 0 Å². The van der Waals surface area contributed by atoms with Crippen molar-refractivity contribution in [1.82, 2.24) is 0 Å². The first-order chi connectivity index (χ1) is 9.13. The van der Waals surface area contributed by atoms with Crippen LogP contribution in [-0.4, -0.2) is 25.6 Å². The predicted molar refractivity (Wildman–Crippen MR) is 92.2 cm³/mol. The number of rotatable bonds is 8. The Morgan fingerprint density at radius 3 is 1.84 bits per heavy atom. The molecule has 3 heteroatoms. The topological polar surface area (TPSA) is 3.24 Å². The standard InChI is InChI=1S/C16H27NS2/c1-6-9-18-15-11-13(8-3)14(17(4)5)12-16(15)19-10-7-2/h11-12H,6-10H2,1-5H3. The summed E-state index contributed by atoms with van der Waals surface area (Å²) in [6, 6.07) is 4.80. The van der Waals surface area contributed by atoms with Gasteiger partial charge in [0.15, 0.2) is 0 Å². The Bertz CT molecular complexity index is 389. The Balaban J connectivity index is 3.10. The zero-order valence-electron chi connectivity index (χ0n) is 13.0. The van der Waals surface area contributed by atoms with E-state index in [0.29, 0.717) is 0 Å². The van der Waals surface area contributed by atoms with Gasteiger partial charge in [0.25, 0.3) is 0 Å². The van der Waals surface area contributed by atoms with Gasteiger partial charge < -0.3 is 4.90 Å². The fraction of sp³-hybridized carbons (Fsp3) is 0.625. The molecule has 0 radical (unpaired) electrons. The second-order valence-electron chi connectivity index (χ2n) is 4.87. The molecule has 0 aromatic heterocycles. The minimum Gasteiger partial charge on any atom is -0.377 e. The highest BCUT2D eigenvalue weighted by atomic mass is 32.2. The second kappa shape index (κ2) is 8.80. The maximum absolute atomic E-state index is 2.41. The first-order valence-corrected chi connectivity index (χ1v) is 9.20. The van der Waals surface area contributed by atoms with Gasteiger partial charge in [-0.25, -0.2) is 0 Å². The highest BCUT2D eigenvalue weighted by Crippen LogP contribution is 2.37. The molecule has 1 aromatic carbocycles. The molecule has 0 unspecified atom stereocenters. The summed E-state index contributed by atoms with van der Waals surface area (Å²) in [6.45, 7) is 6.75. The van der Waals surface area contributed by atoms with Crippen LogP contribution in [-0.2, 0) is 6.42 Å². The molecule has 0 aliphatic carbocycles. The molecule has 0 saturated heterocycles. The van der Waals surface area contributed by atoms with Gasteiger partial charge in [-0.3, -0.25) is 0 Å². The van der Waals surface area contributed by atoms with Crippen molar-refractivity contribution in [1.29, 1.82) is 0 Å². The molecule has 108 valence electrons. The summed E-state index contributed by atoms with van der Waals surface area (Å²) in [4.78, 5) is 5.17. The van der Waals surface area contributed by atoms with Crippen molar-refractivity contribution in [2.24, 2.45) is 0 Å². The van der Waals surface area contributed by atoms with Gasteiger partial charge in [0.05, 0.1) is 0 Å². The van der Waals surface area contributed by atoms with Gasteiger partial charge in [-0.05, 0) is 48.5 Å². The van der Waals surface area contributed by atoms with Crippen LogP contribution >= 0.6 is 23.5 Å². The van der Waals surface area contributed by atoms with Gasteiger partial charge in [-0.15, -0.1) is 23.5 Å². The number of aryl methyl sites for hydroxylation is 1. The molecule has 0 saturated carbocycles. The lowest BCUT2D eigenvalue weighted by Crippen LogP contribution is -2.11. The highest BCUT2D eigenvalue weighted by Gasteiger charge is 2.11. The summed E-state index contributed by atoms with van der Waals surface area (Å²) in [6.07, 6.45) is 3.57. The van der Waals surface area contributed by atoms with E-state index >= 15 is 0 Å². The van der Waals surface area contributed by atoms with Crippen molar-refractivity contribution < 1.29 is 0 Å². The maximum Gasteiger partial charge on any atom is 0.0405 e. The molecule has 0 bridgehead atoms. The molecule has 0 amide bonds. The van der Waals surface area contributed by atoms with E-state index in [2.05, 4.69) is 51.9 Å². The van der Waals surface area contributed by atoms with Gasteiger partial charge in [-0.2, -0.15) is 0 Å². The zero-order valence-corrected chi connectivity index (χ0v) is 14.6. The lowest BCUT2D eigenvalue weighted by molar-refractivity contribution is 1.02. The van der Waals surface area contributed by atoms with Crippen LogP contribution in [0.2, 0.25) is 0 Å². The number of thioether (sulfide) groups is 2. The second-order valence-corrected chi connectivity index (χ2v) is 7.15. The van der Waals surface area contributed by atoms with Crippen molar-refractivity contribution in [2.75, 3.05) is 30.5 Å². The van der Waals surface area contributed by atoms with E-state index in [1.54, 1.807) is 0 Å². The van der Waals surface area contributed by atoms with Gasteiger partial charge in [0, 0.05) is 29.6 Å². The average molecular weight is 298 g/mol. The minimum atomic E-state index is 1.10. The summed E-state index contributed by atoms with van der Waals surface area (Å²) in [5.74, 6) is 2.42. The number of anilines is 1. The summed E-state index contributed by atoms with van der Waals surface area (Å²) >= 11 is 4.01. The van der Waals surface area contributed by atoms with Gasteiger partial charge in [-0.1, -0.05) is 20.8 Å². The molecule has 19 heavy (non-hydrogen) atoms. The number of nitrogens with zero attached hydrogens (tertiary/aromatic N) is 1. The molecule has 1 rings (SSSR count). The first kappa shape index (κ1) is 16.8. The zero-order chi connectivity index (χ0) is 14.3. The predicted octanol–water partition coefficient (Wildman–Crippen LogP) is 5.32. The molecule has 0 heterocycles. The van der Waals surface area contributed by atoms with Crippen LogP contribution in [0.15, 0.2) is 21.9 Å². The van der Waals surface area contributed by atoms with E-state index in [-0.39, 0.29) is 0 Å². The number of hydrogen-bond donors (Lipinski definition) is 0. The third-order valence-electron chi connectivity index (χ3n) is 2.93. The van der Waals surface area contributed by atoms with E-state index in [1.165, 1.54) is 45.4 Å². The van der Waals surface area contributed by atoms with E-state index in [1.807, 2.05) is 23.5 Å². The van der Waals surface area contributed by atoms with Crippen LogP contribution < -0.4 is 4.90 Å². The van der Waals surface area contributed by atoms with Crippen molar-refractivity contribution in [3.05, 3.63) is 17.7 Å².